The maximum Gasteiger partial charge on any atom is 0.407 e. The van der Waals surface area contributed by atoms with E-state index in [1.807, 2.05) is 52.0 Å². The number of carbonyl (C=O) groups excluding carboxylic acids is 2. The van der Waals surface area contributed by atoms with E-state index in [1.165, 1.54) is 4.90 Å². The fourth-order valence-corrected chi connectivity index (χ4v) is 5.18. The first-order valence-electron chi connectivity index (χ1n) is 11.7. The largest absolute Gasteiger partial charge is 0.480 e. The van der Waals surface area contributed by atoms with E-state index in [2.05, 4.69) is 29.6 Å². The molecule has 4 rings (SSSR count). The van der Waals surface area contributed by atoms with E-state index in [0.29, 0.717) is 6.54 Å². The second kappa shape index (κ2) is 9.12. The van der Waals surface area contributed by atoms with Crippen LogP contribution >= 0.6 is 0 Å². The third-order valence-corrected chi connectivity index (χ3v) is 7.03. The predicted octanol–water partition coefficient (Wildman–Crippen LogP) is 4.26. The number of carbonyl (C=O) groups is 3. The zero-order valence-corrected chi connectivity index (χ0v) is 20.1. The molecule has 2 atom stereocenters. The standard InChI is InChI=1S/C27H32N2O5/c1-16(2)22(13-23(30)29-15-27(3,4)24(29)25(31)32)28-26(33)34-14-21-19-11-7-5-9-17(19)18-10-6-8-12-20(18)21/h5-12,16,21-22,24H,13-15H2,1-4H3,(H,28,33)(H,31,32)/t22-,24?/m1/s1. The normalized spacial score (nSPS) is 19.1. The molecule has 0 aromatic heterocycles. The second-order valence-corrected chi connectivity index (χ2v) is 10.3. The second-order valence-electron chi connectivity index (χ2n) is 10.3. The smallest absolute Gasteiger partial charge is 0.407 e. The van der Waals surface area contributed by atoms with Crippen molar-refractivity contribution in [3.8, 4) is 11.1 Å². The summed E-state index contributed by atoms with van der Waals surface area (Å²) in [6, 6.07) is 15.0. The summed E-state index contributed by atoms with van der Waals surface area (Å²) in [4.78, 5) is 38.5. The van der Waals surface area contributed by atoms with Gasteiger partial charge in [-0.15, -0.1) is 0 Å². The fraction of sp³-hybridized carbons (Fsp3) is 0.444. The van der Waals surface area contributed by atoms with Gasteiger partial charge in [0, 0.05) is 30.3 Å². The number of alkyl carbamates (subject to hydrolysis) is 1. The van der Waals surface area contributed by atoms with Crippen molar-refractivity contribution in [2.75, 3.05) is 13.2 Å². The highest BCUT2D eigenvalue weighted by Crippen LogP contribution is 2.44. The molecule has 2 aliphatic rings. The average molecular weight is 465 g/mol. The minimum Gasteiger partial charge on any atom is -0.480 e. The van der Waals surface area contributed by atoms with E-state index in [0.717, 1.165) is 22.3 Å². The van der Waals surface area contributed by atoms with Crippen LogP contribution in [0.1, 0.15) is 51.2 Å². The summed E-state index contributed by atoms with van der Waals surface area (Å²) in [5.41, 5.74) is 4.11. The van der Waals surface area contributed by atoms with Gasteiger partial charge in [0.2, 0.25) is 5.91 Å². The molecule has 1 fully saturated rings. The van der Waals surface area contributed by atoms with Gasteiger partial charge in [0.1, 0.15) is 12.6 Å². The number of rotatable bonds is 7. The minimum atomic E-state index is -1.00. The first-order valence-corrected chi connectivity index (χ1v) is 11.7. The fourth-order valence-electron chi connectivity index (χ4n) is 5.18. The van der Waals surface area contributed by atoms with Crippen LogP contribution in [-0.4, -0.2) is 53.2 Å². The lowest BCUT2D eigenvalue weighted by atomic mass is 9.74. The molecule has 7 heteroatoms. The van der Waals surface area contributed by atoms with Gasteiger partial charge in [-0.25, -0.2) is 9.59 Å². The van der Waals surface area contributed by atoms with E-state index in [-0.39, 0.29) is 30.8 Å². The molecule has 2 N–H and O–H groups in total. The molecule has 0 radical (unpaired) electrons. The van der Waals surface area contributed by atoms with Gasteiger partial charge in [0.25, 0.3) is 0 Å². The molecule has 1 saturated heterocycles. The number of carboxylic acids is 1. The highest BCUT2D eigenvalue weighted by molar-refractivity contribution is 5.87. The summed E-state index contributed by atoms with van der Waals surface area (Å²) in [5, 5.41) is 12.3. The summed E-state index contributed by atoms with van der Waals surface area (Å²) in [6.45, 7) is 8.08. The number of hydrogen-bond acceptors (Lipinski definition) is 4. The van der Waals surface area contributed by atoms with Gasteiger partial charge in [0.05, 0.1) is 0 Å². The van der Waals surface area contributed by atoms with Crippen LogP contribution < -0.4 is 5.32 Å². The highest BCUT2D eigenvalue weighted by atomic mass is 16.5. The molecule has 0 spiro atoms. The van der Waals surface area contributed by atoms with Crippen molar-refractivity contribution in [1.29, 1.82) is 0 Å². The number of hydrogen-bond donors (Lipinski definition) is 2. The van der Waals surface area contributed by atoms with E-state index >= 15 is 0 Å². The van der Waals surface area contributed by atoms with Crippen molar-refractivity contribution >= 4 is 18.0 Å². The predicted molar refractivity (Wildman–Crippen MR) is 128 cm³/mol. The van der Waals surface area contributed by atoms with E-state index < -0.39 is 29.6 Å². The van der Waals surface area contributed by atoms with Crippen LogP contribution in [0.3, 0.4) is 0 Å². The van der Waals surface area contributed by atoms with Gasteiger partial charge in [-0.2, -0.15) is 0 Å². The van der Waals surface area contributed by atoms with Crippen molar-refractivity contribution in [2.24, 2.45) is 11.3 Å². The maximum atomic E-state index is 12.8. The van der Waals surface area contributed by atoms with Gasteiger partial charge < -0.3 is 20.1 Å². The molecule has 1 unspecified atom stereocenters. The van der Waals surface area contributed by atoms with Crippen LogP contribution in [0.5, 0.6) is 0 Å². The molecular formula is C27H32N2O5. The third-order valence-electron chi connectivity index (χ3n) is 7.03. The zero-order valence-electron chi connectivity index (χ0n) is 20.1. The summed E-state index contributed by atoms with van der Waals surface area (Å²) >= 11 is 0. The van der Waals surface area contributed by atoms with Crippen LogP contribution in [-0.2, 0) is 14.3 Å². The van der Waals surface area contributed by atoms with E-state index in [1.54, 1.807) is 0 Å². The quantitative estimate of drug-likeness (QED) is 0.638. The van der Waals surface area contributed by atoms with Crippen molar-refractivity contribution in [3.05, 3.63) is 59.7 Å². The number of amides is 2. The van der Waals surface area contributed by atoms with Gasteiger partial charge in [0.15, 0.2) is 0 Å². The van der Waals surface area contributed by atoms with Crippen molar-refractivity contribution in [2.45, 2.75) is 52.1 Å². The van der Waals surface area contributed by atoms with E-state index in [9.17, 15) is 19.5 Å². The first kappa shape index (κ1) is 23.8. The Labute approximate surface area is 200 Å². The Morgan fingerprint density at radius 1 is 1.06 bits per heavy atom. The lowest BCUT2D eigenvalue weighted by molar-refractivity contribution is -0.172. The minimum absolute atomic E-state index is 0.0259. The molecule has 0 bridgehead atoms. The monoisotopic (exact) mass is 464 g/mol. The highest BCUT2D eigenvalue weighted by Gasteiger charge is 2.52. The molecule has 2 aromatic rings. The number of carboxylic acid groups (broad SMARTS) is 1. The maximum absolute atomic E-state index is 12.8. The molecular weight excluding hydrogens is 432 g/mol. The summed E-state index contributed by atoms with van der Waals surface area (Å²) in [5.74, 6) is -1.35. The van der Waals surface area contributed by atoms with Crippen LogP contribution in [0, 0.1) is 11.3 Å². The number of ether oxygens (including phenoxy) is 1. The number of fused-ring (bicyclic) bond motifs is 3. The number of likely N-dealkylation sites (tertiary alicyclic amines) is 1. The van der Waals surface area contributed by atoms with Crippen molar-refractivity contribution in [1.82, 2.24) is 10.2 Å². The van der Waals surface area contributed by atoms with E-state index in [4.69, 9.17) is 4.74 Å². The SMILES string of the molecule is CC(C)[C@@H](CC(=O)N1CC(C)(C)C1C(=O)O)NC(=O)OCC1c2ccccc2-c2ccccc21. The number of nitrogens with one attached hydrogen (secondary N) is 1. The van der Waals surface area contributed by atoms with Crippen molar-refractivity contribution in [3.63, 3.8) is 0 Å². The Kier molecular flexibility index (Phi) is 6.39. The molecule has 2 amide bonds. The molecule has 1 aliphatic heterocycles. The first-order chi connectivity index (χ1) is 16.1. The van der Waals surface area contributed by atoms with Crippen LogP contribution in [0.25, 0.3) is 11.1 Å². The van der Waals surface area contributed by atoms with Crippen LogP contribution in [0.4, 0.5) is 4.79 Å². The average Bonchev–Trinajstić information content (AvgIpc) is 3.09. The molecule has 7 nitrogen and oxygen atoms in total. The number of aliphatic carboxylic acids is 1. The third kappa shape index (κ3) is 4.39. The summed E-state index contributed by atoms with van der Waals surface area (Å²) < 4.78 is 5.63. The molecule has 34 heavy (non-hydrogen) atoms. The summed E-state index contributed by atoms with van der Waals surface area (Å²) in [6.07, 6.45) is -0.547. The Morgan fingerprint density at radius 3 is 2.12 bits per heavy atom. The van der Waals surface area contributed by atoms with Gasteiger partial charge in [-0.3, -0.25) is 4.79 Å². The Bertz CT molecular complexity index is 1060. The number of benzene rings is 2. The lowest BCUT2D eigenvalue weighted by Gasteiger charge is -2.52. The van der Waals surface area contributed by atoms with Gasteiger partial charge >= 0.3 is 12.1 Å². The Balaban J connectivity index is 1.38. The lowest BCUT2D eigenvalue weighted by Crippen LogP contribution is -2.67. The molecule has 1 aliphatic carbocycles. The Hall–Kier alpha value is -3.35. The van der Waals surface area contributed by atoms with Crippen molar-refractivity contribution < 1.29 is 24.2 Å². The van der Waals surface area contributed by atoms with Crippen LogP contribution in [0.2, 0.25) is 0 Å². The topological polar surface area (TPSA) is 95.9 Å². The molecule has 180 valence electrons. The zero-order chi connectivity index (χ0) is 24.6. The molecule has 0 saturated carbocycles. The molecule has 1 heterocycles. The van der Waals surface area contributed by atoms with Gasteiger partial charge in [-0.05, 0) is 28.2 Å². The Morgan fingerprint density at radius 2 is 1.62 bits per heavy atom. The van der Waals surface area contributed by atoms with Gasteiger partial charge in [-0.1, -0.05) is 76.2 Å². The number of nitrogens with zero attached hydrogens (tertiary/aromatic N) is 1. The summed E-state index contributed by atoms with van der Waals surface area (Å²) in [7, 11) is 0. The molecule has 2 aromatic carbocycles. The van der Waals surface area contributed by atoms with Crippen LogP contribution in [0.15, 0.2) is 48.5 Å².